The number of rotatable bonds is 4. The van der Waals surface area contributed by atoms with E-state index in [0.29, 0.717) is 31.1 Å². The minimum atomic E-state index is -0.151. The summed E-state index contributed by atoms with van der Waals surface area (Å²) in [6, 6.07) is 7.72. The zero-order chi connectivity index (χ0) is 14.5. The molecule has 20 heavy (non-hydrogen) atoms. The Morgan fingerprint density at radius 3 is 2.95 bits per heavy atom. The van der Waals surface area contributed by atoms with E-state index in [2.05, 4.69) is 0 Å². The highest BCUT2D eigenvalue weighted by molar-refractivity contribution is 6.31. The number of hydrogen-bond acceptors (Lipinski definition) is 3. The van der Waals surface area contributed by atoms with Crippen molar-refractivity contribution in [3.63, 3.8) is 0 Å². The molecule has 2 N–H and O–H groups in total. The predicted octanol–water partition coefficient (Wildman–Crippen LogP) is 2.37. The number of hydrogen-bond donors (Lipinski definition) is 1. The number of carbonyl (C=O) groups is 1. The Morgan fingerprint density at radius 2 is 2.25 bits per heavy atom. The van der Waals surface area contributed by atoms with Gasteiger partial charge in [0.2, 0.25) is 5.91 Å². The molecule has 1 fully saturated rings. The topological polar surface area (TPSA) is 55.6 Å². The largest absolute Gasteiger partial charge is 0.369 e. The molecule has 0 spiro atoms. The van der Waals surface area contributed by atoms with Gasteiger partial charge in [-0.3, -0.25) is 4.79 Å². The third kappa shape index (κ3) is 3.51. The maximum Gasteiger partial charge on any atom is 0.223 e. The number of morpholine rings is 1. The Balaban J connectivity index is 2.08. The average Bonchev–Trinajstić information content (AvgIpc) is 2.46. The molecule has 5 heteroatoms. The molecule has 0 bridgehead atoms. The van der Waals surface area contributed by atoms with Crippen LogP contribution in [0.25, 0.3) is 0 Å². The van der Waals surface area contributed by atoms with Crippen LogP contribution in [0.3, 0.4) is 0 Å². The molecule has 4 nitrogen and oxygen atoms in total. The van der Waals surface area contributed by atoms with Crippen molar-refractivity contribution < 1.29 is 9.53 Å². The van der Waals surface area contributed by atoms with Crippen LogP contribution in [-0.4, -0.2) is 36.5 Å². The van der Waals surface area contributed by atoms with Crippen molar-refractivity contribution in [3.8, 4) is 0 Å². The minimum Gasteiger partial charge on any atom is -0.369 e. The van der Waals surface area contributed by atoms with Crippen molar-refractivity contribution in [2.75, 3.05) is 19.7 Å². The minimum absolute atomic E-state index is 0.0963. The number of amides is 1. The van der Waals surface area contributed by atoms with E-state index in [0.717, 1.165) is 12.0 Å². The highest BCUT2D eigenvalue weighted by atomic mass is 35.5. The number of benzene rings is 1. The zero-order valence-electron chi connectivity index (χ0n) is 11.7. The van der Waals surface area contributed by atoms with Crippen LogP contribution in [0.1, 0.15) is 31.4 Å². The molecule has 1 saturated heterocycles. The lowest BCUT2D eigenvalue weighted by molar-refractivity contribution is -0.144. The lowest BCUT2D eigenvalue weighted by Crippen LogP contribution is -2.48. The van der Waals surface area contributed by atoms with Crippen LogP contribution in [0.4, 0.5) is 0 Å². The average molecular weight is 297 g/mol. The molecule has 0 unspecified atom stereocenters. The van der Waals surface area contributed by atoms with Crippen molar-refractivity contribution >= 4 is 17.5 Å². The summed E-state index contributed by atoms with van der Waals surface area (Å²) in [5.41, 5.74) is 6.41. The van der Waals surface area contributed by atoms with Gasteiger partial charge in [0.15, 0.2) is 0 Å². The van der Waals surface area contributed by atoms with Crippen molar-refractivity contribution in [1.82, 2.24) is 4.90 Å². The molecule has 1 amide bonds. The first kappa shape index (κ1) is 15.3. The highest BCUT2D eigenvalue weighted by Gasteiger charge is 2.30. The van der Waals surface area contributed by atoms with Gasteiger partial charge in [0, 0.05) is 17.0 Å². The molecule has 1 aromatic rings. The molecule has 1 aliphatic rings. The molecule has 1 aromatic carbocycles. The van der Waals surface area contributed by atoms with Crippen LogP contribution in [0, 0.1) is 0 Å². The maximum absolute atomic E-state index is 12.2. The second kappa shape index (κ2) is 7.07. The molecule has 2 rings (SSSR count). The molecule has 0 radical (unpaired) electrons. The Hall–Kier alpha value is -1.10. The Kier molecular flexibility index (Phi) is 5.40. The Bertz CT molecular complexity index is 467. The fraction of sp³-hybridized carbons (Fsp3) is 0.533. The van der Waals surface area contributed by atoms with E-state index in [4.69, 9.17) is 22.1 Å². The smallest absolute Gasteiger partial charge is 0.223 e. The van der Waals surface area contributed by atoms with Crippen LogP contribution in [-0.2, 0) is 9.53 Å². The predicted molar refractivity (Wildman–Crippen MR) is 79.6 cm³/mol. The molecule has 1 aliphatic heterocycles. The first-order valence-electron chi connectivity index (χ1n) is 6.99. The summed E-state index contributed by atoms with van der Waals surface area (Å²) in [4.78, 5) is 14.1. The first-order valence-corrected chi connectivity index (χ1v) is 7.37. The van der Waals surface area contributed by atoms with E-state index >= 15 is 0 Å². The Labute approximate surface area is 124 Å². The third-order valence-corrected chi connectivity index (χ3v) is 3.94. The van der Waals surface area contributed by atoms with Crippen molar-refractivity contribution in [2.45, 2.75) is 31.9 Å². The van der Waals surface area contributed by atoms with Gasteiger partial charge in [0.05, 0.1) is 19.2 Å². The van der Waals surface area contributed by atoms with Crippen LogP contribution in [0.15, 0.2) is 24.3 Å². The van der Waals surface area contributed by atoms with Crippen LogP contribution in [0.2, 0.25) is 5.02 Å². The summed E-state index contributed by atoms with van der Waals surface area (Å²) in [6.07, 6.45) is 1.07. The summed E-state index contributed by atoms with van der Waals surface area (Å²) >= 11 is 6.20. The van der Waals surface area contributed by atoms with Gasteiger partial charge in [-0.05, 0) is 26.0 Å². The SMILES string of the molecule is C[C@@H]1CO[C@H](c2ccccc2Cl)CN1C(=O)CCCN. The van der Waals surface area contributed by atoms with Crippen molar-refractivity contribution in [2.24, 2.45) is 5.73 Å². The van der Waals surface area contributed by atoms with E-state index in [9.17, 15) is 4.79 Å². The number of halogens is 1. The molecule has 2 atom stereocenters. The molecular weight excluding hydrogens is 276 g/mol. The van der Waals surface area contributed by atoms with Gasteiger partial charge >= 0.3 is 0 Å². The van der Waals surface area contributed by atoms with Gasteiger partial charge in [0.25, 0.3) is 0 Å². The molecular formula is C15H21ClN2O2. The molecule has 0 aromatic heterocycles. The quantitative estimate of drug-likeness (QED) is 0.928. The van der Waals surface area contributed by atoms with Gasteiger partial charge in [-0.15, -0.1) is 0 Å². The lowest BCUT2D eigenvalue weighted by Gasteiger charge is -2.38. The van der Waals surface area contributed by atoms with E-state index in [1.54, 1.807) is 0 Å². The fourth-order valence-electron chi connectivity index (χ4n) is 2.43. The molecule has 1 heterocycles. The normalized spacial score (nSPS) is 22.9. The number of nitrogens with two attached hydrogens (primary N) is 1. The third-order valence-electron chi connectivity index (χ3n) is 3.60. The van der Waals surface area contributed by atoms with Gasteiger partial charge in [-0.25, -0.2) is 0 Å². The van der Waals surface area contributed by atoms with E-state index in [1.807, 2.05) is 36.1 Å². The van der Waals surface area contributed by atoms with E-state index in [-0.39, 0.29) is 18.1 Å². The van der Waals surface area contributed by atoms with Gasteiger partial charge in [-0.2, -0.15) is 0 Å². The summed E-state index contributed by atoms with van der Waals surface area (Å²) in [5.74, 6) is 0.142. The summed E-state index contributed by atoms with van der Waals surface area (Å²) in [7, 11) is 0. The summed E-state index contributed by atoms with van der Waals surface area (Å²) in [6.45, 7) is 3.63. The molecule has 0 aliphatic carbocycles. The zero-order valence-corrected chi connectivity index (χ0v) is 12.5. The molecule has 0 saturated carbocycles. The summed E-state index contributed by atoms with van der Waals surface area (Å²) in [5, 5.41) is 0.682. The van der Waals surface area contributed by atoms with Gasteiger partial charge < -0.3 is 15.4 Å². The van der Waals surface area contributed by atoms with E-state index < -0.39 is 0 Å². The number of nitrogens with zero attached hydrogens (tertiary/aromatic N) is 1. The Morgan fingerprint density at radius 1 is 1.50 bits per heavy atom. The van der Waals surface area contributed by atoms with Gasteiger partial charge in [-0.1, -0.05) is 29.8 Å². The number of carbonyl (C=O) groups excluding carboxylic acids is 1. The summed E-state index contributed by atoms with van der Waals surface area (Å²) < 4.78 is 5.84. The van der Waals surface area contributed by atoms with Gasteiger partial charge in [0.1, 0.15) is 6.10 Å². The van der Waals surface area contributed by atoms with Crippen LogP contribution >= 0.6 is 11.6 Å². The van der Waals surface area contributed by atoms with Crippen LogP contribution in [0.5, 0.6) is 0 Å². The second-order valence-electron chi connectivity index (χ2n) is 5.13. The standard InChI is InChI=1S/C15H21ClN2O2/c1-11-10-20-14(12-5-2-3-6-13(12)16)9-18(11)15(19)7-4-8-17/h2-3,5-6,11,14H,4,7-10,17H2,1H3/t11-,14+/m1/s1. The maximum atomic E-state index is 12.2. The lowest BCUT2D eigenvalue weighted by atomic mass is 10.1. The fourth-order valence-corrected chi connectivity index (χ4v) is 2.68. The number of ether oxygens (including phenoxy) is 1. The monoisotopic (exact) mass is 296 g/mol. The van der Waals surface area contributed by atoms with Crippen molar-refractivity contribution in [1.29, 1.82) is 0 Å². The van der Waals surface area contributed by atoms with E-state index in [1.165, 1.54) is 0 Å². The second-order valence-corrected chi connectivity index (χ2v) is 5.54. The van der Waals surface area contributed by atoms with Crippen LogP contribution < -0.4 is 5.73 Å². The molecule has 110 valence electrons. The van der Waals surface area contributed by atoms with Crippen molar-refractivity contribution in [3.05, 3.63) is 34.9 Å². The first-order chi connectivity index (χ1) is 9.63. The highest BCUT2D eigenvalue weighted by Crippen LogP contribution is 2.30.